The zero-order valence-corrected chi connectivity index (χ0v) is 31.0. The topological polar surface area (TPSA) is 50.9 Å². The van der Waals surface area contributed by atoms with Crippen LogP contribution in [0.3, 0.4) is 0 Å². The van der Waals surface area contributed by atoms with E-state index in [0.717, 1.165) is 61.4 Å². The van der Waals surface area contributed by atoms with Gasteiger partial charge >= 0.3 is 0 Å². The van der Waals surface area contributed by atoms with Crippen LogP contribution in [0.15, 0.2) is 134 Å². The summed E-state index contributed by atoms with van der Waals surface area (Å²) in [6.07, 6.45) is 1.83. The van der Waals surface area contributed by atoms with Gasteiger partial charge in [-0.1, -0.05) is 146 Å². The van der Waals surface area contributed by atoms with Crippen LogP contribution >= 0.6 is 0 Å². The van der Waals surface area contributed by atoms with Crippen LogP contribution in [0.1, 0.15) is 77.6 Å². The van der Waals surface area contributed by atoms with Crippen molar-refractivity contribution in [3.05, 3.63) is 156 Å². The minimum Gasteiger partial charge on any atom is -0.507 e. The lowest BCUT2D eigenvalue weighted by Crippen LogP contribution is -2.20. The van der Waals surface area contributed by atoms with Crippen LogP contribution in [0.2, 0.25) is 0 Å². The average Bonchev–Trinajstić information content (AvgIpc) is 3.52. The maximum absolute atomic E-state index is 12.3. The van der Waals surface area contributed by atoms with Crippen molar-refractivity contribution in [2.45, 2.75) is 71.6 Å². The van der Waals surface area contributed by atoms with Crippen molar-refractivity contribution < 1.29 is 5.11 Å². The average molecular weight is 670 g/mol. The summed E-state index contributed by atoms with van der Waals surface area (Å²) in [4.78, 5) is 10.2. The van der Waals surface area contributed by atoms with Gasteiger partial charge in [0.15, 0.2) is 0 Å². The molecule has 4 heteroatoms. The molecular formula is C47H47N3O. The second-order valence-electron chi connectivity index (χ2n) is 16.2. The summed E-state index contributed by atoms with van der Waals surface area (Å²) < 4.78 is 2.27. The van der Waals surface area contributed by atoms with Crippen molar-refractivity contribution in [1.29, 1.82) is 0 Å². The van der Waals surface area contributed by atoms with Crippen LogP contribution in [0.25, 0.3) is 50.5 Å². The molecule has 5 aromatic carbocycles. The number of imidazole rings is 1. The summed E-state index contributed by atoms with van der Waals surface area (Å²) in [5.41, 5.74) is 11.3. The molecule has 0 saturated carbocycles. The molecule has 0 atom stereocenters. The minimum absolute atomic E-state index is 0.149. The van der Waals surface area contributed by atoms with Gasteiger partial charge in [-0.2, -0.15) is 0 Å². The van der Waals surface area contributed by atoms with Gasteiger partial charge in [-0.15, -0.1) is 0 Å². The normalized spacial score (nSPS) is 12.4. The van der Waals surface area contributed by atoms with Gasteiger partial charge in [0.05, 0.1) is 22.3 Å². The molecule has 0 aliphatic carbocycles. The van der Waals surface area contributed by atoms with Gasteiger partial charge in [0.25, 0.3) is 0 Å². The Kier molecular flexibility index (Phi) is 8.46. The highest BCUT2D eigenvalue weighted by Gasteiger charge is 2.32. The fourth-order valence-electron chi connectivity index (χ4n) is 7.13. The van der Waals surface area contributed by atoms with Gasteiger partial charge < -0.3 is 5.11 Å². The molecule has 51 heavy (non-hydrogen) atoms. The summed E-state index contributed by atoms with van der Waals surface area (Å²) >= 11 is 0. The van der Waals surface area contributed by atoms with Gasteiger partial charge in [-0.05, 0) is 69.5 Å². The first kappa shape index (κ1) is 34.0. The molecule has 0 saturated heterocycles. The van der Waals surface area contributed by atoms with E-state index in [4.69, 9.17) is 4.98 Å². The lowest BCUT2D eigenvalue weighted by Gasteiger charge is -2.29. The van der Waals surface area contributed by atoms with E-state index in [0.29, 0.717) is 5.82 Å². The Morgan fingerprint density at radius 1 is 0.549 bits per heavy atom. The van der Waals surface area contributed by atoms with Crippen molar-refractivity contribution in [1.82, 2.24) is 14.5 Å². The van der Waals surface area contributed by atoms with Crippen LogP contribution in [0.4, 0.5) is 0 Å². The summed E-state index contributed by atoms with van der Waals surface area (Å²) in [5, 5.41) is 12.3. The largest absolute Gasteiger partial charge is 0.507 e. The van der Waals surface area contributed by atoms with E-state index in [2.05, 4.69) is 168 Å². The highest BCUT2D eigenvalue weighted by atomic mass is 16.3. The number of pyridine rings is 1. The fourth-order valence-corrected chi connectivity index (χ4v) is 7.13. The zero-order valence-electron chi connectivity index (χ0n) is 31.0. The minimum atomic E-state index is -0.371. The maximum atomic E-state index is 12.3. The van der Waals surface area contributed by atoms with E-state index in [1.165, 1.54) is 5.56 Å². The molecule has 4 nitrogen and oxygen atoms in total. The second kappa shape index (κ2) is 12.7. The lowest BCUT2D eigenvalue weighted by atomic mass is 9.77. The Labute approximate surface area is 302 Å². The van der Waals surface area contributed by atoms with Crippen molar-refractivity contribution >= 4 is 11.0 Å². The third-order valence-corrected chi connectivity index (χ3v) is 10.1. The Hall–Kier alpha value is -5.48. The van der Waals surface area contributed by atoms with Crippen LogP contribution in [0, 0.1) is 0 Å². The third-order valence-electron chi connectivity index (χ3n) is 10.1. The molecule has 256 valence electrons. The van der Waals surface area contributed by atoms with E-state index < -0.39 is 0 Å². The molecule has 0 unspecified atom stereocenters. The van der Waals surface area contributed by atoms with E-state index in [1.807, 2.05) is 30.5 Å². The highest BCUT2D eigenvalue weighted by Crippen LogP contribution is 2.47. The SMILES string of the molecule is CC(C)(C)c1cc(-c2nc3c(-c4cccc(-c5ccccn5)c4)ccc(C(C)(C)c4ccccc4)c3n2-c2ccccc2)c(O)c(C(C)(C)C)c1. The Morgan fingerprint density at radius 3 is 1.86 bits per heavy atom. The van der Waals surface area contributed by atoms with E-state index in [-0.39, 0.29) is 22.0 Å². The van der Waals surface area contributed by atoms with Crippen LogP contribution in [-0.2, 0) is 16.2 Å². The van der Waals surface area contributed by atoms with Crippen molar-refractivity contribution in [3.8, 4) is 45.2 Å². The predicted octanol–water partition coefficient (Wildman–Crippen LogP) is 12.0. The molecule has 0 fully saturated rings. The molecule has 0 spiro atoms. The first-order chi connectivity index (χ1) is 24.2. The second-order valence-corrected chi connectivity index (χ2v) is 16.2. The lowest BCUT2D eigenvalue weighted by molar-refractivity contribution is 0.446. The molecule has 0 radical (unpaired) electrons. The first-order valence-corrected chi connectivity index (χ1v) is 17.8. The van der Waals surface area contributed by atoms with Gasteiger partial charge in [0.1, 0.15) is 11.6 Å². The third kappa shape index (κ3) is 6.25. The Bertz CT molecular complexity index is 2340. The molecule has 0 aliphatic heterocycles. The number of fused-ring (bicyclic) bond motifs is 1. The number of aromatic hydroxyl groups is 1. The number of phenolic OH excluding ortho intramolecular Hbond substituents is 1. The molecule has 1 N–H and O–H groups in total. The van der Waals surface area contributed by atoms with Gasteiger partial charge in [0.2, 0.25) is 0 Å². The molecule has 7 aromatic rings. The zero-order chi connectivity index (χ0) is 36.1. The molecule has 0 aliphatic rings. The number of aromatic nitrogens is 3. The molecule has 0 amide bonds. The molecule has 2 heterocycles. The summed E-state index contributed by atoms with van der Waals surface area (Å²) in [6, 6.07) is 44.5. The Morgan fingerprint density at radius 2 is 1.22 bits per heavy atom. The van der Waals surface area contributed by atoms with Crippen LogP contribution < -0.4 is 0 Å². The first-order valence-electron chi connectivity index (χ1n) is 17.8. The van der Waals surface area contributed by atoms with E-state index in [1.54, 1.807) is 0 Å². The van der Waals surface area contributed by atoms with Crippen molar-refractivity contribution in [3.63, 3.8) is 0 Å². The highest BCUT2D eigenvalue weighted by molar-refractivity contribution is 5.99. The molecule has 2 aromatic heterocycles. The summed E-state index contributed by atoms with van der Waals surface area (Å²) in [6.45, 7) is 17.7. The summed E-state index contributed by atoms with van der Waals surface area (Å²) in [7, 11) is 0. The standard InChI is InChI=1S/C47H47N3O/c1-45(2,3)34-29-37(43(51)39(30-34)46(4,5)6)44-49-41-36(31-18-17-19-32(28-31)40-24-15-16-27-48-40)25-26-38(47(7,8)33-20-11-9-12-21-33)42(41)50(44)35-22-13-10-14-23-35/h9-30,51H,1-8H3. The van der Waals surface area contributed by atoms with E-state index in [9.17, 15) is 5.11 Å². The maximum Gasteiger partial charge on any atom is 0.149 e. The smallest absolute Gasteiger partial charge is 0.149 e. The summed E-state index contributed by atoms with van der Waals surface area (Å²) in [5.74, 6) is 0.981. The van der Waals surface area contributed by atoms with Crippen LogP contribution in [-0.4, -0.2) is 19.6 Å². The molecular weight excluding hydrogens is 623 g/mol. The number of rotatable bonds is 6. The number of hydrogen-bond acceptors (Lipinski definition) is 3. The number of phenols is 1. The fraction of sp³-hybridized carbons (Fsp3) is 0.234. The van der Waals surface area contributed by atoms with Gasteiger partial charge in [-0.25, -0.2) is 4.98 Å². The van der Waals surface area contributed by atoms with Crippen LogP contribution in [0.5, 0.6) is 5.75 Å². The number of hydrogen-bond donors (Lipinski definition) is 1. The predicted molar refractivity (Wildman–Crippen MR) is 213 cm³/mol. The van der Waals surface area contributed by atoms with Gasteiger partial charge in [-0.3, -0.25) is 9.55 Å². The Balaban J connectivity index is 1.64. The van der Waals surface area contributed by atoms with Crippen molar-refractivity contribution in [2.24, 2.45) is 0 Å². The number of benzene rings is 5. The molecule has 0 bridgehead atoms. The monoisotopic (exact) mass is 669 g/mol. The van der Waals surface area contributed by atoms with Crippen molar-refractivity contribution in [2.75, 3.05) is 0 Å². The van der Waals surface area contributed by atoms with E-state index >= 15 is 0 Å². The molecule has 7 rings (SSSR count). The van der Waals surface area contributed by atoms with Gasteiger partial charge in [0, 0.05) is 34.0 Å². The number of para-hydroxylation sites is 1. The quantitative estimate of drug-likeness (QED) is 0.192. The number of nitrogens with zero attached hydrogens (tertiary/aromatic N) is 3.